The van der Waals surface area contributed by atoms with Crippen LogP contribution in [0.25, 0.3) is 0 Å². The van der Waals surface area contributed by atoms with Crippen molar-refractivity contribution < 1.29 is 24.9 Å². The second-order valence-electron chi connectivity index (χ2n) is 5.37. The zero-order valence-electron chi connectivity index (χ0n) is 12.7. The summed E-state index contributed by atoms with van der Waals surface area (Å²) in [5.74, 6) is -0.362. The lowest BCUT2D eigenvalue weighted by molar-refractivity contribution is 0.0847. The van der Waals surface area contributed by atoms with E-state index in [2.05, 4.69) is 0 Å². The number of carbonyl (C=O) groups is 1. The summed E-state index contributed by atoms with van der Waals surface area (Å²) in [4.78, 5) is 11.6. The van der Waals surface area contributed by atoms with Crippen molar-refractivity contribution in [2.75, 3.05) is 6.61 Å². The van der Waals surface area contributed by atoms with Gasteiger partial charge in [0.05, 0.1) is 23.1 Å². The maximum Gasteiger partial charge on any atom is 0.172 e. The quantitative estimate of drug-likeness (QED) is 0.639. The molecule has 1 heterocycles. The Morgan fingerprint density at radius 2 is 1.74 bits per heavy atom. The van der Waals surface area contributed by atoms with E-state index < -0.39 is 0 Å². The number of halogens is 1. The van der Waals surface area contributed by atoms with Crippen molar-refractivity contribution in [2.24, 2.45) is 5.92 Å². The standard InChI is InChI=1S/C10H10O4.C7H7ClO/c1-5-4-14-9-3-8(12)7(11)2-6(9)10(5)13;1-5-2-3-7(9)6(8)4-5/h2-3,5,11-12H,4H2,1H3;2-4,9H,1H3. The highest BCUT2D eigenvalue weighted by atomic mass is 35.5. The van der Waals surface area contributed by atoms with Crippen molar-refractivity contribution in [1.29, 1.82) is 0 Å². The molecule has 0 aromatic heterocycles. The van der Waals surface area contributed by atoms with E-state index in [9.17, 15) is 15.0 Å². The molecule has 6 heteroatoms. The van der Waals surface area contributed by atoms with Crippen LogP contribution in [0, 0.1) is 12.8 Å². The molecule has 23 heavy (non-hydrogen) atoms. The van der Waals surface area contributed by atoms with Crippen LogP contribution in [0.4, 0.5) is 0 Å². The second-order valence-corrected chi connectivity index (χ2v) is 5.78. The van der Waals surface area contributed by atoms with Gasteiger partial charge in [0.25, 0.3) is 0 Å². The number of phenols is 3. The minimum Gasteiger partial charge on any atom is -0.506 e. The number of fused-ring (bicyclic) bond motifs is 1. The number of rotatable bonds is 0. The van der Waals surface area contributed by atoms with Gasteiger partial charge in [-0.25, -0.2) is 0 Å². The van der Waals surface area contributed by atoms with Crippen LogP contribution >= 0.6 is 11.6 Å². The van der Waals surface area contributed by atoms with Crippen molar-refractivity contribution in [1.82, 2.24) is 0 Å². The van der Waals surface area contributed by atoms with E-state index in [0.29, 0.717) is 22.9 Å². The third-order valence-corrected chi connectivity index (χ3v) is 3.68. The predicted molar refractivity (Wildman–Crippen MR) is 86.6 cm³/mol. The lowest BCUT2D eigenvalue weighted by atomic mass is 9.96. The van der Waals surface area contributed by atoms with Crippen LogP contribution in [0.3, 0.4) is 0 Å². The van der Waals surface area contributed by atoms with Gasteiger partial charge in [-0.3, -0.25) is 4.79 Å². The first-order valence-corrected chi connectivity index (χ1v) is 7.35. The molecule has 0 radical (unpaired) electrons. The Morgan fingerprint density at radius 1 is 1.09 bits per heavy atom. The van der Waals surface area contributed by atoms with E-state index in [-0.39, 0.29) is 28.9 Å². The van der Waals surface area contributed by atoms with E-state index in [1.807, 2.05) is 6.92 Å². The summed E-state index contributed by atoms with van der Waals surface area (Å²) in [6.07, 6.45) is 0. The van der Waals surface area contributed by atoms with Gasteiger partial charge in [-0.05, 0) is 30.7 Å². The Balaban J connectivity index is 0.000000185. The number of hydrogen-bond donors (Lipinski definition) is 3. The van der Waals surface area contributed by atoms with Gasteiger partial charge in [-0.1, -0.05) is 24.6 Å². The molecule has 1 aliphatic rings. The molecule has 0 saturated carbocycles. The Bertz CT molecular complexity index is 742. The lowest BCUT2D eigenvalue weighted by Gasteiger charge is -2.21. The van der Waals surface area contributed by atoms with E-state index in [1.54, 1.807) is 25.1 Å². The number of Topliss-reactive ketones (excluding diaryl/α,β-unsaturated/α-hetero) is 1. The molecular formula is C17H17ClO5. The van der Waals surface area contributed by atoms with Gasteiger partial charge >= 0.3 is 0 Å². The highest BCUT2D eigenvalue weighted by molar-refractivity contribution is 6.32. The maximum absolute atomic E-state index is 11.6. The molecule has 5 nitrogen and oxygen atoms in total. The van der Waals surface area contributed by atoms with Crippen LogP contribution < -0.4 is 4.74 Å². The molecule has 2 aromatic carbocycles. The largest absolute Gasteiger partial charge is 0.506 e. The summed E-state index contributed by atoms with van der Waals surface area (Å²) >= 11 is 5.56. The van der Waals surface area contributed by atoms with Gasteiger partial charge in [0, 0.05) is 6.07 Å². The first-order valence-electron chi connectivity index (χ1n) is 6.97. The Labute approximate surface area is 138 Å². The van der Waals surface area contributed by atoms with Crippen LogP contribution in [0.5, 0.6) is 23.0 Å². The Hall–Kier alpha value is -2.40. The van der Waals surface area contributed by atoms with Gasteiger partial charge in [0.2, 0.25) is 0 Å². The normalized spacial score (nSPS) is 16.0. The molecule has 1 aliphatic heterocycles. The molecule has 0 bridgehead atoms. The highest BCUT2D eigenvalue weighted by Gasteiger charge is 2.26. The van der Waals surface area contributed by atoms with Crippen LogP contribution in [-0.2, 0) is 0 Å². The Morgan fingerprint density at radius 3 is 2.35 bits per heavy atom. The third kappa shape index (κ3) is 3.87. The molecule has 0 fully saturated rings. The smallest absolute Gasteiger partial charge is 0.172 e. The van der Waals surface area contributed by atoms with Gasteiger partial charge in [-0.15, -0.1) is 0 Å². The van der Waals surface area contributed by atoms with Crippen LogP contribution in [0.1, 0.15) is 22.8 Å². The van der Waals surface area contributed by atoms with Crippen molar-refractivity contribution in [3.8, 4) is 23.0 Å². The zero-order chi connectivity index (χ0) is 17.1. The first-order chi connectivity index (χ1) is 10.8. The molecule has 3 N–H and O–H groups in total. The summed E-state index contributed by atoms with van der Waals surface area (Å²) in [6, 6.07) is 7.60. The summed E-state index contributed by atoms with van der Waals surface area (Å²) in [5, 5.41) is 27.7. The number of phenolic OH excluding ortho intramolecular Hbond substituents is 3. The number of aromatic hydroxyl groups is 3. The first kappa shape index (κ1) is 17.0. The van der Waals surface area contributed by atoms with Crippen LogP contribution in [-0.4, -0.2) is 27.7 Å². The molecular weight excluding hydrogens is 320 g/mol. The van der Waals surface area contributed by atoms with Crippen LogP contribution in [0.15, 0.2) is 30.3 Å². The maximum atomic E-state index is 11.6. The fourth-order valence-electron chi connectivity index (χ4n) is 2.04. The molecule has 2 aromatic rings. The molecule has 122 valence electrons. The molecule has 0 saturated heterocycles. The van der Waals surface area contributed by atoms with Gasteiger partial charge in [0.1, 0.15) is 11.5 Å². The molecule has 0 amide bonds. The van der Waals surface area contributed by atoms with E-state index >= 15 is 0 Å². The fourth-order valence-corrected chi connectivity index (χ4v) is 2.27. The molecule has 1 unspecified atom stereocenters. The minimum atomic E-state index is -0.296. The molecule has 1 atom stereocenters. The number of ketones is 1. The highest BCUT2D eigenvalue weighted by Crippen LogP contribution is 2.36. The van der Waals surface area contributed by atoms with E-state index in [4.69, 9.17) is 21.4 Å². The number of aryl methyl sites for hydroxylation is 1. The van der Waals surface area contributed by atoms with Gasteiger partial charge < -0.3 is 20.1 Å². The number of hydrogen-bond acceptors (Lipinski definition) is 5. The van der Waals surface area contributed by atoms with Gasteiger partial charge in [-0.2, -0.15) is 0 Å². The topological polar surface area (TPSA) is 87.0 Å². The number of carbonyl (C=O) groups excluding carboxylic acids is 1. The zero-order valence-corrected chi connectivity index (χ0v) is 13.5. The second kappa shape index (κ2) is 6.79. The van der Waals surface area contributed by atoms with Gasteiger partial charge in [0.15, 0.2) is 17.3 Å². The average Bonchev–Trinajstić information content (AvgIpc) is 2.50. The van der Waals surface area contributed by atoms with Crippen molar-refractivity contribution >= 4 is 17.4 Å². The molecule has 0 aliphatic carbocycles. The van der Waals surface area contributed by atoms with Crippen LogP contribution in [0.2, 0.25) is 5.02 Å². The fraction of sp³-hybridized carbons (Fsp3) is 0.235. The summed E-state index contributed by atoms with van der Waals surface area (Å²) in [7, 11) is 0. The molecule has 0 spiro atoms. The lowest BCUT2D eigenvalue weighted by Crippen LogP contribution is -2.25. The third-order valence-electron chi connectivity index (χ3n) is 3.38. The SMILES string of the molecule is CC1COc2cc(O)c(O)cc2C1=O.Cc1ccc(O)c(Cl)c1. The number of ether oxygens (including phenoxy) is 1. The summed E-state index contributed by atoms with van der Waals surface area (Å²) < 4.78 is 5.25. The summed E-state index contributed by atoms with van der Waals surface area (Å²) in [6.45, 7) is 4.00. The van der Waals surface area contributed by atoms with E-state index in [1.165, 1.54) is 12.1 Å². The van der Waals surface area contributed by atoms with Crippen molar-refractivity contribution in [3.05, 3.63) is 46.5 Å². The number of benzene rings is 2. The Kier molecular flexibility index (Phi) is 5.01. The molecule has 3 rings (SSSR count). The van der Waals surface area contributed by atoms with Crippen molar-refractivity contribution in [3.63, 3.8) is 0 Å². The average molecular weight is 337 g/mol. The summed E-state index contributed by atoms with van der Waals surface area (Å²) in [5.41, 5.74) is 1.39. The predicted octanol–water partition coefficient (Wildman–Crippen LogP) is 3.66. The van der Waals surface area contributed by atoms with Crippen molar-refractivity contribution in [2.45, 2.75) is 13.8 Å². The monoisotopic (exact) mass is 336 g/mol. The minimum absolute atomic E-state index is 0.0680. The van der Waals surface area contributed by atoms with E-state index in [0.717, 1.165) is 5.56 Å².